The zero-order chi connectivity index (χ0) is 25.2. The van der Waals surface area contributed by atoms with Crippen LogP contribution < -0.4 is 25.6 Å². The molecular weight excluding hydrogens is 476 g/mol. The van der Waals surface area contributed by atoms with Crippen LogP contribution in [0.1, 0.15) is 35.2 Å². The summed E-state index contributed by atoms with van der Waals surface area (Å²) in [4.78, 5) is 17.1. The summed E-state index contributed by atoms with van der Waals surface area (Å²) >= 11 is 0. The van der Waals surface area contributed by atoms with Gasteiger partial charge in [0.05, 0.1) is 23.5 Å². The fourth-order valence-corrected chi connectivity index (χ4v) is 5.82. The van der Waals surface area contributed by atoms with Gasteiger partial charge in [-0.25, -0.2) is 17.6 Å². The van der Waals surface area contributed by atoms with Gasteiger partial charge in [-0.3, -0.25) is 4.79 Å². The van der Waals surface area contributed by atoms with Crippen molar-refractivity contribution in [2.75, 3.05) is 53.6 Å². The Kier molecular flexibility index (Phi) is 5.28. The first-order chi connectivity index (χ1) is 17.1. The van der Waals surface area contributed by atoms with E-state index in [0.29, 0.717) is 60.1 Å². The summed E-state index contributed by atoms with van der Waals surface area (Å²) in [6.07, 6.45) is 0.568. The summed E-state index contributed by atoms with van der Waals surface area (Å²) in [5, 5.41) is 2.94. The maximum atomic E-state index is 14.0. The number of alkyl halides is 4. The van der Waals surface area contributed by atoms with Crippen molar-refractivity contribution >= 4 is 28.7 Å². The SMILES string of the molecule is Nc1ccc(C(=O)Nc2cc3c(c(N4CCC(F)(F)CC4)c2)OCC3)c(N2CCC3C(C2)C3(F)F)c1. The Morgan fingerprint density at radius 3 is 2.53 bits per heavy atom. The van der Waals surface area contributed by atoms with Crippen LogP contribution >= 0.6 is 0 Å². The van der Waals surface area contributed by atoms with Gasteiger partial charge in [0, 0.05) is 74.2 Å². The van der Waals surface area contributed by atoms with E-state index >= 15 is 0 Å². The number of fused-ring (bicyclic) bond motifs is 2. The molecule has 10 heteroatoms. The van der Waals surface area contributed by atoms with Gasteiger partial charge in [-0.05, 0) is 36.8 Å². The number of piperidine rings is 2. The minimum absolute atomic E-state index is 0.182. The lowest BCUT2D eigenvalue weighted by Crippen LogP contribution is -2.39. The molecule has 2 saturated heterocycles. The van der Waals surface area contributed by atoms with Crippen molar-refractivity contribution in [1.29, 1.82) is 0 Å². The summed E-state index contributed by atoms with van der Waals surface area (Å²) in [5.74, 6) is -6.28. The standard InChI is InChI=1S/C26H28F4N4O2/c27-25(28)5-8-33(9-6-25)22-13-17(11-15-4-10-36-23(15)22)32-24(35)18-2-1-16(31)12-21(18)34-7-3-19-20(14-34)26(19,29)30/h1-2,11-13,19-20H,3-10,14,31H2,(H,32,35). The number of ether oxygens (including phenoxy) is 1. The molecule has 6 rings (SSSR count). The average Bonchev–Trinajstić information content (AvgIpc) is 3.15. The Hall–Kier alpha value is -3.17. The largest absolute Gasteiger partial charge is 0.491 e. The highest BCUT2D eigenvalue weighted by Crippen LogP contribution is 2.59. The highest BCUT2D eigenvalue weighted by Gasteiger charge is 2.69. The Morgan fingerprint density at radius 2 is 1.78 bits per heavy atom. The second kappa shape index (κ2) is 8.18. The van der Waals surface area contributed by atoms with Crippen molar-refractivity contribution in [3.8, 4) is 5.75 Å². The number of anilines is 4. The number of nitrogens with two attached hydrogens (primary N) is 1. The number of hydrogen-bond donors (Lipinski definition) is 2. The van der Waals surface area contributed by atoms with Crippen LogP contribution in [0.15, 0.2) is 30.3 Å². The number of halogens is 4. The molecule has 3 fully saturated rings. The van der Waals surface area contributed by atoms with E-state index in [1.165, 1.54) is 0 Å². The van der Waals surface area contributed by atoms with E-state index < -0.39 is 23.7 Å². The van der Waals surface area contributed by atoms with Crippen LogP contribution in [0.2, 0.25) is 0 Å². The third-order valence-electron chi connectivity index (χ3n) is 7.96. The van der Waals surface area contributed by atoms with Crippen LogP contribution in [0.25, 0.3) is 0 Å². The number of rotatable bonds is 4. The van der Waals surface area contributed by atoms with Crippen LogP contribution in [-0.2, 0) is 6.42 Å². The van der Waals surface area contributed by atoms with Gasteiger partial charge in [0.2, 0.25) is 0 Å². The number of benzene rings is 2. The fourth-order valence-electron chi connectivity index (χ4n) is 5.82. The zero-order valence-electron chi connectivity index (χ0n) is 19.7. The van der Waals surface area contributed by atoms with Gasteiger partial charge in [0.15, 0.2) is 0 Å². The Labute approximate surface area is 206 Å². The quantitative estimate of drug-likeness (QED) is 0.463. The molecule has 2 aromatic rings. The van der Waals surface area contributed by atoms with E-state index in [9.17, 15) is 22.4 Å². The Bertz CT molecular complexity index is 1210. The van der Waals surface area contributed by atoms with Crippen molar-refractivity contribution in [2.45, 2.75) is 37.5 Å². The first-order valence-electron chi connectivity index (χ1n) is 12.4. The van der Waals surface area contributed by atoms with Crippen molar-refractivity contribution in [1.82, 2.24) is 0 Å². The van der Waals surface area contributed by atoms with Gasteiger partial charge in [-0.1, -0.05) is 0 Å². The lowest BCUT2D eigenvalue weighted by Gasteiger charge is -2.34. The molecule has 0 bridgehead atoms. The van der Waals surface area contributed by atoms with Gasteiger partial charge >= 0.3 is 0 Å². The number of carbonyl (C=O) groups is 1. The molecule has 0 aromatic heterocycles. The molecule has 0 spiro atoms. The summed E-state index contributed by atoms with van der Waals surface area (Å²) < 4.78 is 61.2. The van der Waals surface area contributed by atoms with Crippen LogP contribution in [0.3, 0.4) is 0 Å². The molecule has 2 unspecified atom stereocenters. The lowest BCUT2D eigenvalue weighted by atomic mass is 10.0. The summed E-state index contributed by atoms with van der Waals surface area (Å²) in [5.41, 5.74) is 9.47. The summed E-state index contributed by atoms with van der Waals surface area (Å²) in [6, 6.07) is 8.49. The number of nitrogen functional groups attached to an aromatic ring is 1. The molecule has 6 nitrogen and oxygen atoms in total. The molecule has 4 aliphatic rings. The third kappa shape index (κ3) is 4.00. The average molecular weight is 505 g/mol. The molecule has 3 heterocycles. The molecule has 2 atom stereocenters. The maximum absolute atomic E-state index is 14.0. The number of nitrogens with zero attached hydrogens (tertiary/aromatic N) is 2. The molecule has 3 N–H and O–H groups in total. The molecular formula is C26H28F4N4O2. The van der Waals surface area contributed by atoms with Gasteiger partial charge < -0.3 is 25.6 Å². The smallest absolute Gasteiger partial charge is 0.257 e. The maximum Gasteiger partial charge on any atom is 0.257 e. The van der Waals surface area contributed by atoms with Gasteiger partial charge in [-0.15, -0.1) is 0 Å². The molecule has 0 radical (unpaired) electrons. The van der Waals surface area contributed by atoms with Crippen LogP contribution in [0.5, 0.6) is 5.75 Å². The normalized spacial score (nSPS) is 25.6. The zero-order valence-corrected chi connectivity index (χ0v) is 19.7. The molecule has 2 aromatic carbocycles. The summed E-state index contributed by atoms with van der Waals surface area (Å²) in [6.45, 7) is 1.50. The highest BCUT2D eigenvalue weighted by atomic mass is 19.3. The molecule has 1 amide bonds. The fraction of sp³-hybridized carbons (Fsp3) is 0.500. The van der Waals surface area contributed by atoms with E-state index in [-0.39, 0.29) is 38.4 Å². The predicted molar refractivity (Wildman–Crippen MR) is 130 cm³/mol. The van der Waals surface area contributed by atoms with E-state index in [1.807, 2.05) is 15.9 Å². The highest BCUT2D eigenvalue weighted by molar-refractivity contribution is 6.09. The molecule has 1 saturated carbocycles. The van der Waals surface area contributed by atoms with E-state index in [0.717, 1.165) is 5.56 Å². The van der Waals surface area contributed by atoms with E-state index in [2.05, 4.69) is 5.32 Å². The van der Waals surface area contributed by atoms with E-state index in [1.54, 1.807) is 24.3 Å². The Morgan fingerprint density at radius 1 is 1.00 bits per heavy atom. The topological polar surface area (TPSA) is 70.8 Å². The minimum atomic E-state index is -2.67. The predicted octanol–water partition coefficient (Wildman–Crippen LogP) is 4.78. The van der Waals surface area contributed by atoms with Crippen molar-refractivity contribution in [3.05, 3.63) is 41.5 Å². The van der Waals surface area contributed by atoms with Gasteiger partial charge in [0.1, 0.15) is 5.75 Å². The number of carbonyl (C=O) groups excluding carboxylic acids is 1. The minimum Gasteiger partial charge on any atom is -0.491 e. The Balaban J connectivity index is 1.26. The molecule has 1 aliphatic carbocycles. The number of amides is 1. The van der Waals surface area contributed by atoms with Gasteiger partial charge in [0.25, 0.3) is 17.8 Å². The summed E-state index contributed by atoms with van der Waals surface area (Å²) in [7, 11) is 0. The second-order valence-corrected chi connectivity index (χ2v) is 10.3. The monoisotopic (exact) mass is 504 g/mol. The third-order valence-corrected chi connectivity index (χ3v) is 7.96. The van der Waals surface area contributed by atoms with Crippen LogP contribution in [0.4, 0.5) is 40.3 Å². The lowest BCUT2D eigenvalue weighted by molar-refractivity contribution is -0.0221. The van der Waals surface area contributed by atoms with Crippen LogP contribution in [0, 0.1) is 11.8 Å². The van der Waals surface area contributed by atoms with Crippen molar-refractivity contribution in [2.24, 2.45) is 11.8 Å². The molecule has 192 valence electrons. The first-order valence-corrected chi connectivity index (χ1v) is 12.4. The number of nitrogens with one attached hydrogen (secondary N) is 1. The van der Waals surface area contributed by atoms with Crippen LogP contribution in [-0.4, -0.2) is 50.5 Å². The van der Waals surface area contributed by atoms with E-state index in [4.69, 9.17) is 10.5 Å². The van der Waals surface area contributed by atoms with Gasteiger partial charge in [-0.2, -0.15) is 0 Å². The first kappa shape index (κ1) is 23.2. The molecule has 36 heavy (non-hydrogen) atoms. The molecule has 3 aliphatic heterocycles. The van der Waals surface area contributed by atoms with Crippen molar-refractivity contribution < 1.29 is 27.1 Å². The second-order valence-electron chi connectivity index (χ2n) is 10.3. The number of hydrogen-bond acceptors (Lipinski definition) is 5. The van der Waals surface area contributed by atoms with Crippen molar-refractivity contribution in [3.63, 3.8) is 0 Å².